The number of aryl methyl sites for hydroxylation is 1. The molecule has 0 aliphatic rings. The van der Waals surface area contributed by atoms with Crippen LogP contribution in [0.25, 0.3) is 0 Å². The van der Waals surface area contributed by atoms with Gasteiger partial charge in [0.05, 0.1) is 35.4 Å². The number of aromatic nitrogens is 4. The van der Waals surface area contributed by atoms with E-state index in [4.69, 9.17) is 5.11 Å². The third-order valence-electron chi connectivity index (χ3n) is 4.48. The molecule has 9 heteroatoms. The number of carboxylic acids is 1. The lowest BCUT2D eigenvalue weighted by atomic mass is 10.2. The molecule has 0 aliphatic heterocycles. The van der Waals surface area contributed by atoms with Gasteiger partial charge in [-0.25, -0.2) is 4.79 Å². The van der Waals surface area contributed by atoms with Crippen LogP contribution in [0.15, 0.2) is 41.1 Å². The SMILES string of the molecule is Cc1nn(Cc2ccc(Br)cc2)c(C)c1NC(=O)c1cnn(C(C)C(=O)O)c1. The van der Waals surface area contributed by atoms with Crippen molar-refractivity contribution in [2.24, 2.45) is 0 Å². The molecule has 146 valence electrons. The van der Waals surface area contributed by atoms with E-state index >= 15 is 0 Å². The second kappa shape index (κ2) is 7.97. The summed E-state index contributed by atoms with van der Waals surface area (Å²) in [5, 5.41) is 20.4. The van der Waals surface area contributed by atoms with Crippen LogP contribution in [0.4, 0.5) is 5.69 Å². The number of carbonyl (C=O) groups is 2. The molecule has 0 bridgehead atoms. The molecule has 0 spiro atoms. The average Bonchev–Trinajstić information content (AvgIpc) is 3.24. The molecule has 1 unspecified atom stereocenters. The summed E-state index contributed by atoms with van der Waals surface area (Å²) in [6.45, 7) is 5.81. The van der Waals surface area contributed by atoms with Crippen LogP contribution in [0.2, 0.25) is 0 Å². The molecule has 1 atom stereocenters. The molecule has 0 fully saturated rings. The summed E-state index contributed by atoms with van der Waals surface area (Å²) >= 11 is 3.42. The lowest BCUT2D eigenvalue weighted by molar-refractivity contribution is -0.140. The third kappa shape index (κ3) is 4.14. The normalized spacial score (nSPS) is 12.0. The Balaban J connectivity index is 1.77. The Morgan fingerprint density at radius 1 is 1.25 bits per heavy atom. The Bertz CT molecular complexity index is 1020. The zero-order chi connectivity index (χ0) is 20.4. The number of hydrogen-bond donors (Lipinski definition) is 2. The van der Waals surface area contributed by atoms with Gasteiger partial charge in [0.1, 0.15) is 6.04 Å². The van der Waals surface area contributed by atoms with Crippen LogP contribution < -0.4 is 5.32 Å². The summed E-state index contributed by atoms with van der Waals surface area (Å²) < 4.78 is 4.09. The molecule has 3 rings (SSSR count). The monoisotopic (exact) mass is 445 g/mol. The Labute approximate surface area is 170 Å². The van der Waals surface area contributed by atoms with Gasteiger partial charge in [0.25, 0.3) is 5.91 Å². The molecule has 1 amide bonds. The van der Waals surface area contributed by atoms with E-state index < -0.39 is 12.0 Å². The van der Waals surface area contributed by atoms with E-state index in [0.29, 0.717) is 17.9 Å². The zero-order valence-corrected chi connectivity index (χ0v) is 17.3. The van der Waals surface area contributed by atoms with Crippen molar-refractivity contribution >= 4 is 33.5 Å². The first-order valence-electron chi connectivity index (χ1n) is 8.63. The highest BCUT2D eigenvalue weighted by molar-refractivity contribution is 9.10. The second-order valence-electron chi connectivity index (χ2n) is 6.51. The second-order valence-corrected chi connectivity index (χ2v) is 7.42. The predicted octanol–water partition coefficient (Wildman–Crippen LogP) is 3.41. The summed E-state index contributed by atoms with van der Waals surface area (Å²) in [5.41, 5.74) is 3.55. The van der Waals surface area contributed by atoms with Gasteiger partial charge in [-0.3, -0.25) is 14.2 Å². The molecule has 0 saturated carbocycles. The maximum Gasteiger partial charge on any atom is 0.328 e. The summed E-state index contributed by atoms with van der Waals surface area (Å²) in [5.74, 6) is -1.38. The molecule has 1 aromatic carbocycles. The number of carboxylic acid groups (broad SMARTS) is 1. The first-order valence-corrected chi connectivity index (χ1v) is 9.42. The molecular weight excluding hydrogens is 426 g/mol. The fourth-order valence-corrected chi connectivity index (χ4v) is 3.02. The van der Waals surface area contributed by atoms with Gasteiger partial charge in [-0.15, -0.1) is 0 Å². The fraction of sp³-hybridized carbons (Fsp3) is 0.263. The van der Waals surface area contributed by atoms with Crippen LogP contribution in [-0.4, -0.2) is 36.5 Å². The van der Waals surface area contributed by atoms with Gasteiger partial charge in [0.2, 0.25) is 0 Å². The van der Waals surface area contributed by atoms with Gasteiger partial charge in [-0.2, -0.15) is 10.2 Å². The molecule has 28 heavy (non-hydrogen) atoms. The zero-order valence-electron chi connectivity index (χ0n) is 15.7. The highest BCUT2D eigenvalue weighted by Crippen LogP contribution is 2.22. The average molecular weight is 446 g/mol. The van der Waals surface area contributed by atoms with Crippen LogP contribution in [0, 0.1) is 13.8 Å². The summed E-state index contributed by atoms with van der Waals surface area (Å²) in [4.78, 5) is 23.6. The van der Waals surface area contributed by atoms with Gasteiger partial charge in [-0.05, 0) is 38.5 Å². The lowest BCUT2D eigenvalue weighted by Gasteiger charge is -2.07. The van der Waals surface area contributed by atoms with E-state index in [1.807, 2.05) is 42.8 Å². The van der Waals surface area contributed by atoms with Gasteiger partial charge in [-0.1, -0.05) is 28.1 Å². The van der Waals surface area contributed by atoms with E-state index in [-0.39, 0.29) is 11.5 Å². The van der Waals surface area contributed by atoms with Crippen molar-refractivity contribution in [3.63, 3.8) is 0 Å². The number of anilines is 1. The highest BCUT2D eigenvalue weighted by atomic mass is 79.9. The minimum Gasteiger partial charge on any atom is -0.480 e. The number of benzene rings is 1. The number of halogens is 1. The van der Waals surface area contributed by atoms with Crippen molar-refractivity contribution in [1.82, 2.24) is 19.6 Å². The molecule has 2 N–H and O–H groups in total. The quantitative estimate of drug-likeness (QED) is 0.605. The highest BCUT2D eigenvalue weighted by Gasteiger charge is 2.19. The van der Waals surface area contributed by atoms with Crippen LogP contribution >= 0.6 is 15.9 Å². The fourth-order valence-electron chi connectivity index (χ4n) is 2.76. The Morgan fingerprint density at radius 2 is 1.93 bits per heavy atom. The Morgan fingerprint density at radius 3 is 2.57 bits per heavy atom. The van der Waals surface area contributed by atoms with Gasteiger partial charge >= 0.3 is 5.97 Å². The number of rotatable bonds is 6. The molecule has 8 nitrogen and oxygen atoms in total. The minimum atomic E-state index is -1.02. The molecule has 0 aliphatic carbocycles. The molecular formula is C19H20BrN5O3. The van der Waals surface area contributed by atoms with E-state index in [9.17, 15) is 9.59 Å². The van der Waals surface area contributed by atoms with Gasteiger partial charge in [0.15, 0.2) is 0 Å². The topological polar surface area (TPSA) is 102 Å². The van der Waals surface area contributed by atoms with Crippen molar-refractivity contribution in [2.45, 2.75) is 33.4 Å². The first-order chi connectivity index (χ1) is 13.3. The number of aliphatic carboxylic acids is 1. The minimum absolute atomic E-state index is 0.285. The van der Waals surface area contributed by atoms with E-state index in [1.165, 1.54) is 24.0 Å². The standard InChI is InChI=1S/C19H20BrN5O3/c1-11-17(12(2)25(23-11)9-14-4-6-16(20)7-5-14)22-18(26)15-8-21-24(10-15)13(3)19(27)28/h4-8,10,13H,9H2,1-3H3,(H,22,26)(H,27,28). The lowest BCUT2D eigenvalue weighted by Crippen LogP contribution is -2.16. The Hall–Kier alpha value is -2.94. The first kappa shape index (κ1) is 19.8. The predicted molar refractivity (Wildman–Crippen MR) is 107 cm³/mol. The van der Waals surface area contributed by atoms with Crippen LogP contribution in [0.5, 0.6) is 0 Å². The van der Waals surface area contributed by atoms with Crippen molar-refractivity contribution in [2.75, 3.05) is 5.32 Å². The maximum atomic E-state index is 12.6. The molecule has 3 aromatic rings. The van der Waals surface area contributed by atoms with Crippen molar-refractivity contribution in [3.8, 4) is 0 Å². The Kier molecular flexibility index (Phi) is 5.64. The van der Waals surface area contributed by atoms with E-state index in [0.717, 1.165) is 15.7 Å². The van der Waals surface area contributed by atoms with Crippen molar-refractivity contribution < 1.29 is 14.7 Å². The van der Waals surface area contributed by atoms with Crippen LogP contribution in [-0.2, 0) is 11.3 Å². The molecule has 0 saturated heterocycles. The molecule has 2 aromatic heterocycles. The maximum absolute atomic E-state index is 12.6. The number of nitrogens with zero attached hydrogens (tertiary/aromatic N) is 4. The van der Waals surface area contributed by atoms with Crippen molar-refractivity contribution in [1.29, 1.82) is 0 Å². The summed E-state index contributed by atoms with van der Waals surface area (Å²) in [7, 11) is 0. The van der Waals surface area contributed by atoms with E-state index in [2.05, 4.69) is 31.4 Å². The van der Waals surface area contributed by atoms with Gasteiger partial charge in [0, 0.05) is 10.7 Å². The molecule has 2 heterocycles. The smallest absolute Gasteiger partial charge is 0.328 e. The number of amides is 1. The summed E-state index contributed by atoms with van der Waals surface area (Å²) in [6.07, 6.45) is 2.77. The van der Waals surface area contributed by atoms with Crippen molar-refractivity contribution in [3.05, 3.63) is 63.6 Å². The van der Waals surface area contributed by atoms with Crippen LogP contribution in [0.3, 0.4) is 0 Å². The molecule has 0 radical (unpaired) electrons. The number of carbonyl (C=O) groups excluding carboxylic acids is 1. The van der Waals surface area contributed by atoms with Gasteiger partial charge < -0.3 is 10.4 Å². The largest absolute Gasteiger partial charge is 0.480 e. The van der Waals surface area contributed by atoms with Crippen LogP contribution in [0.1, 0.15) is 40.3 Å². The number of hydrogen-bond acceptors (Lipinski definition) is 4. The number of nitrogens with one attached hydrogen (secondary N) is 1. The third-order valence-corrected chi connectivity index (χ3v) is 5.01. The van der Waals surface area contributed by atoms with E-state index in [1.54, 1.807) is 0 Å². The summed E-state index contributed by atoms with van der Waals surface area (Å²) in [6, 6.07) is 7.12.